The number of hydrogen-bond acceptors (Lipinski definition) is 3. The van der Waals surface area contributed by atoms with E-state index in [9.17, 15) is 9.59 Å². The molecule has 1 aliphatic heterocycles. The molecule has 0 bridgehead atoms. The molecular formula is C12H22N2O3. The fourth-order valence-corrected chi connectivity index (χ4v) is 2.07. The fraction of sp³-hybridized carbons (Fsp3) is 0.833. The molecule has 1 heterocycles. The molecule has 5 nitrogen and oxygen atoms in total. The summed E-state index contributed by atoms with van der Waals surface area (Å²) in [6.07, 6.45) is 1.85. The Bertz CT molecular complexity index is 291. The van der Waals surface area contributed by atoms with E-state index in [-0.39, 0.29) is 30.5 Å². The van der Waals surface area contributed by atoms with Gasteiger partial charge in [0.1, 0.15) is 0 Å². The normalized spacial score (nSPS) is 20.3. The molecule has 98 valence electrons. The Kier molecular flexibility index (Phi) is 4.51. The molecule has 1 saturated heterocycles. The first-order chi connectivity index (χ1) is 7.82. The van der Waals surface area contributed by atoms with Gasteiger partial charge in [-0.15, -0.1) is 0 Å². The molecule has 1 atom stereocenters. The second-order valence-corrected chi connectivity index (χ2v) is 5.45. The molecule has 1 amide bonds. The lowest BCUT2D eigenvalue weighted by Crippen LogP contribution is -2.52. The Labute approximate surface area is 102 Å². The van der Waals surface area contributed by atoms with Crippen LogP contribution in [0.3, 0.4) is 0 Å². The topological polar surface area (TPSA) is 69.6 Å². The van der Waals surface area contributed by atoms with Gasteiger partial charge in [0.05, 0.1) is 12.5 Å². The second kappa shape index (κ2) is 5.49. The number of carbonyl (C=O) groups is 2. The van der Waals surface area contributed by atoms with Gasteiger partial charge in [0.25, 0.3) is 0 Å². The predicted molar refractivity (Wildman–Crippen MR) is 64.7 cm³/mol. The average Bonchev–Trinajstić information content (AvgIpc) is 2.67. The summed E-state index contributed by atoms with van der Waals surface area (Å²) >= 11 is 0. The quantitative estimate of drug-likeness (QED) is 0.766. The van der Waals surface area contributed by atoms with Crippen molar-refractivity contribution in [3.63, 3.8) is 0 Å². The van der Waals surface area contributed by atoms with Gasteiger partial charge in [-0.05, 0) is 40.2 Å². The summed E-state index contributed by atoms with van der Waals surface area (Å²) in [5.74, 6) is -0.845. The van der Waals surface area contributed by atoms with Gasteiger partial charge in [-0.1, -0.05) is 0 Å². The first-order valence-corrected chi connectivity index (χ1v) is 6.09. The highest BCUT2D eigenvalue weighted by Gasteiger charge is 2.33. The minimum atomic E-state index is -0.869. The van der Waals surface area contributed by atoms with E-state index in [2.05, 4.69) is 5.32 Å². The number of aliphatic carboxylic acids is 1. The Hall–Kier alpha value is -1.10. The van der Waals surface area contributed by atoms with Crippen molar-refractivity contribution in [3.05, 3.63) is 0 Å². The number of nitrogens with one attached hydrogen (secondary N) is 1. The molecule has 0 unspecified atom stereocenters. The largest absolute Gasteiger partial charge is 0.481 e. The van der Waals surface area contributed by atoms with Crippen LogP contribution in [0.15, 0.2) is 0 Å². The van der Waals surface area contributed by atoms with Gasteiger partial charge in [-0.2, -0.15) is 0 Å². The van der Waals surface area contributed by atoms with E-state index in [0.29, 0.717) is 0 Å². The number of nitrogens with zero attached hydrogens (tertiary/aromatic N) is 1. The van der Waals surface area contributed by atoms with E-state index in [4.69, 9.17) is 5.11 Å². The zero-order valence-electron chi connectivity index (χ0n) is 10.8. The predicted octanol–water partition coefficient (Wildman–Crippen LogP) is 0.840. The zero-order chi connectivity index (χ0) is 13.1. The molecule has 1 rings (SSSR count). The standard InChI is InChI=1S/C12H22N2O3/c1-12(2,3)14(8-6-10(15)16)11(17)9-5-4-7-13-9/h9,13H,4-8H2,1-3H3,(H,15,16)/t9-/m1/s1. The van der Waals surface area contributed by atoms with Crippen LogP contribution >= 0.6 is 0 Å². The van der Waals surface area contributed by atoms with Crippen molar-refractivity contribution in [2.45, 2.75) is 51.6 Å². The highest BCUT2D eigenvalue weighted by molar-refractivity contribution is 5.83. The summed E-state index contributed by atoms with van der Waals surface area (Å²) in [6, 6.07) is -0.136. The Balaban J connectivity index is 2.68. The molecule has 0 spiro atoms. The van der Waals surface area contributed by atoms with Crippen LogP contribution in [0.25, 0.3) is 0 Å². The summed E-state index contributed by atoms with van der Waals surface area (Å²) in [5, 5.41) is 11.9. The number of rotatable bonds is 4. The van der Waals surface area contributed by atoms with Gasteiger partial charge in [0, 0.05) is 12.1 Å². The summed E-state index contributed by atoms with van der Waals surface area (Å²) in [4.78, 5) is 24.6. The van der Waals surface area contributed by atoms with Gasteiger partial charge in [-0.3, -0.25) is 9.59 Å². The first-order valence-electron chi connectivity index (χ1n) is 6.09. The van der Waals surface area contributed by atoms with Gasteiger partial charge in [0.2, 0.25) is 5.91 Å². The van der Waals surface area contributed by atoms with Crippen LogP contribution < -0.4 is 5.32 Å². The molecule has 0 aromatic carbocycles. The Morgan fingerprint density at radius 2 is 2.06 bits per heavy atom. The summed E-state index contributed by atoms with van der Waals surface area (Å²) in [5.41, 5.74) is -0.337. The monoisotopic (exact) mass is 242 g/mol. The number of carbonyl (C=O) groups excluding carboxylic acids is 1. The van der Waals surface area contributed by atoms with Crippen molar-refractivity contribution in [2.24, 2.45) is 0 Å². The number of hydrogen-bond donors (Lipinski definition) is 2. The highest BCUT2D eigenvalue weighted by atomic mass is 16.4. The minimum Gasteiger partial charge on any atom is -0.481 e. The van der Waals surface area contributed by atoms with Crippen molar-refractivity contribution in [3.8, 4) is 0 Å². The number of carboxylic acid groups (broad SMARTS) is 1. The van der Waals surface area contributed by atoms with E-state index in [1.165, 1.54) is 0 Å². The van der Waals surface area contributed by atoms with E-state index in [0.717, 1.165) is 19.4 Å². The van der Waals surface area contributed by atoms with Crippen LogP contribution in [-0.4, -0.2) is 46.6 Å². The minimum absolute atomic E-state index is 0.00424. The molecule has 1 fully saturated rings. The lowest BCUT2D eigenvalue weighted by Gasteiger charge is -2.37. The van der Waals surface area contributed by atoms with Crippen LogP contribution in [0.2, 0.25) is 0 Å². The third-order valence-electron chi connectivity index (χ3n) is 2.98. The lowest BCUT2D eigenvalue weighted by molar-refractivity contribution is -0.141. The maximum Gasteiger partial charge on any atom is 0.305 e. The third-order valence-corrected chi connectivity index (χ3v) is 2.98. The molecular weight excluding hydrogens is 220 g/mol. The van der Waals surface area contributed by atoms with Gasteiger partial charge < -0.3 is 15.3 Å². The van der Waals surface area contributed by atoms with Crippen molar-refractivity contribution in [1.82, 2.24) is 10.2 Å². The Morgan fingerprint density at radius 3 is 2.47 bits per heavy atom. The van der Waals surface area contributed by atoms with Crippen LogP contribution in [0.4, 0.5) is 0 Å². The second-order valence-electron chi connectivity index (χ2n) is 5.45. The van der Waals surface area contributed by atoms with Crippen molar-refractivity contribution >= 4 is 11.9 Å². The molecule has 0 aromatic heterocycles. The summed E-state index contributed by atoms with van der Waals surface area (Å²) in [6.45, 7) is 6.94. The molecule has 2 N–H and O–H groups in total. The molecule has 0 radical (unpaired) electrons. The van der Waals surface area contributed by atoms with Gasteiger partial charge >= 0.3 is 5.97 Å². The van der Waals surface area contributed by atoms with Crippen LogP contribution in [0.5, 0.6) is 0 Å². The van der Waals surface area contributed by atoms with Crippen molar-refractivity contribution < 1.29 is 14.7 Å². The van der Waals surface area contributed by atoms with Crippen LogP contribution in [0.1, 0.15) is 40.0 Å². The van der Waals surface area contributed by atoms with Crippen LogP contribution in [0, 0.1) is 0 Å². The van der Waals surface area contributed by atoms with E-state index in [1.54, 1.807) is 4.90 Å². The number of amides is 1. The SMILES string of the molecule is CC(C)(C)N(CCC(=O)O)C(=O)[C@H]1CCCN1. The molecule has 0 aliphatic carbocycles. The fourth-order valence-electron chi connectivity index (χ4n) is 2.07. The van der Waals surface area contributed by atoms with Gasteiger partial charge in [-0.25, -0.2) is 0 Å². The zero-order valence-corrected chi connectivity index (χ0v) is 10.8. The summed E-state index contributed by atoms with van der Waals surface area (Å²) < 4.78 is 0. The average molecular weight is 242 g/mol. The lowest BCUT2D eigenvalue weighted by atomic mass is 10.0. The molecule has 0 saturated carbocycles. The van der Waals surface area contributed by atoms with Crippen molar-refractivity contribution in [2.75, 3.05) is 13.1 Å². The van der Waals surface area contributed by atoms with E-state index >= 15 is 0 Å². The summed E-state index contributed by atoms with van der Waals surface area (Å²) in [7, 11) is 0. The maximum absolute atomic E-state index is 12.3. The van der Waals surface area contributed by atoms with E-state index in [1.807, 2.05) is 20.8 Å². The van der Waals surface area contributed by atoms with Crippen molar-refractivity contribution in [1.29, 1.82) is 0 Å². The van der Waals surface area contributed by atoms with E-state index < -0.39 is 5.97 Å². The first kappa shape index (κ1) is 14.0. The molecule has 5 heteroatoms. The van der Waals surface area contributed by atoms with Crippen LogP contribution in [-0.2, 0) is 9.59 Å². The third kappa shape index (κ3) is 4.00. The maximum atomic E-state index is 12.3. The smallest absolute Gasteiger partial charge is 0.305 e. The highest BCUT2D eigenvalue weighted by Crippen LogP contribution is 2.18. The molecule has 1 aliphatic rings. The molecule has 17 heavy (non-hydrogen) atoms. The Morgan fingerprint density at radius 1 is 1.41 bits per heavy atom. The molecule has 0 aromatic rings. The number of carboxylic acids is 1. The van der Waals surface area contributed by atoms with Gasteiger partial charge in [0.15, 0.2) is 0 Å².